The van der Waals surface area contributed by atoms with Crippen LogP contribution in [0.25, 0.3) is 0 Å². The fourth-order valence-electron chi connectivity index (χ4n) is 2.16. The van der Waals surface area contributed by atoms with Crippen LogP contribution in [0.2, 0.25) is 0 Å². The molecule has 0 aromatic carbocycles. The molecule has 0 spiro atoms. The molecule has 0 N–H and O–H groups in total. The van der Waals surface area contributed by atoms with Crippen molar-refractivity contribution in [3.8, 4) is 0 Å². The van der Waals surface area contributed by atoms with Crippen LogP contribution in [0.1, 0.15) is 36.0 Å². The zero-order chi connectivity index (χ0) is 7.42. The number of hydrogen-bond acceptors (Lipinski definition) is 2. The van der Waals surface area contributed by atoms with Gasteiger partial charge in [-0.2, -0.15) is 0 Å². The molecule has 1 saturated carbocycles. The quantitative estimate of drug-likeness (QED) is 0.559. The second-order valence-corrected chi connectivity index (χ2v) is 3.35. The van der Waals surface area contributed by atoms with E-state index in [1.54, 1.807) is 0 Å². The molecular weight excluding hydrogens is 140 g/mol. The summed E-state index contributed by atoms with van der Waals surface area (Å²) in [5, 5.41) is 0. The smallest absolute Gasteiger partial charge is 0.188 e. The summed E-state index contributed by atoms with van der Waals surface area (Å²) in [6.07, 6.45) is 3.91. The lowest BCUT2D eigenvalue weighted by molar-refractivity contribution is 0.224. The van der Waals surface area contributed by atoms with Crippen LogP contribution in [0.4, 0.5) is 0 Å². The van der Waals surface area contributed by atoms with Gasteiger partial charge in [-0.15, -0.1) is 0 Å². The summed E-state index contributed by atoms with van der Waals surface area (Å²) in [6.45, 7) is 0. The minimum atomic E-state index is 0.173. The van der Waals surface area contributed by atoms with E-state index in [0.717, 1.165) is 11.3 Å². The van der Waals surface area contributed by atoms with Crippen LogP contribution in [0.15, 0.2) is 21.5 Å². The van der Waals surface area contributed by atoms with Crippen molar-refractivity contribution in [3.05, 3.63) is 33.9 Å². The van der Waals surface area contributed by atoms with Gasteiger partial charge in [0.05, 0.1) is 6.26 Å². The first-order valence-electron chi connectivity index (χ1n) is 3.99. The monoisotopic (exact) mass is 148 g/mol. The average Bonchev–Trinajstić information content (AvgIpc) is 1.94. The summed E-state index contributed by atoms with van der Waals surface area (Å²) >= 11 is 0. The summed E-state index contributed by atoms with van der Waals surface area (Å²) in [5.41, 5.74) is 1.14. The largest absolute Gasteiger partial charge is 0.468 e. The number of fused-ring (bicyclic) bond motifs is 4. The molecular formula is C9H8O2. The Morgan fingerprint density at radius 3 is 2.82 bits per heavy atom. The highest BCUT2D eigenvalue weighted by Gasteiger charge is 2.48. The molecule has 2 heteroatoms. The van der Waals surface area contributed by atoms with Gasteiger partial charge < -0.3 is 4.42 Å². The van der Waals surface area contributed by atoms with Crippen LogP contribution in [-0.4, -0.2) is 0 Å². The van der Waals surface area contributed by atoms with Gasteiger partial charge in [0, 0.05) is 23.5 Å². The molecule has 2 nitrogen and oxygen atoms in total. The molecule has 0 radical (unpaired) electrons. The highest BCUT2D eigenvalue weighted by Crippen LogP contribution is 2.58. The Kier molecular flexibility index (Phi) is 0.799. The lowest BCUT2D eigenvalue weighted by atomic mass is 9.59. The minimum Gasteiger partial charge on any atom is -0.468 e. The third kappa shape index (κ3) is 0.482. The van der Waals surface area contributed by atoms with Gasteiger partial charge in [-0.05, 0) is 12.8 Å². The van der Waals surface area contributed by atoms with Crippen LogP contribution in [0.5, 0.6) is 0 Å². The summed E-state index contributed by atoms with van der Waals surface area (Å²) in [4.78, 5) is 11.2. The topological polar surface area (TPSA) is 30.2 Å². The van der Waals surface area contributed by atoms with Crippen molar-refractivity contribution in [2.75, 3.05) is 0 Å². The lowest BCUT2D eigenvalue weighted by Crippen LogP contribution is -2.37. The molecule has 1 heterocycles. The fraction of sp³-hybridized carbons (Fsp3) is 0.444. The predicted octanol–water partition coefficient (Wildman–Crippen LogP) is 1.61. The van der Waals surface area contributed by atoms with E-state index in [1.807, 2.05) is 0 Å². The summed E-state index contributed by atoms with van der Waals surface area (Å²) in [5.74, 6) is 2.12. The SMILES string of the molecule is O=c1ccoc2c1C1CCC21. The normalized spacial score (nSPS) is 31.3. The molecule has 2 unspecified atom stereocenters. The van der Waals surface area contributed by atoms with Gasteiger partial charge in [-0.25, -0.2) is 0 Å². The van der Waals surface area contributed by atoms with E-state index in [4.69, 9.17) is 4.42 Å². The van der Waals surface area contributed by atoms with Crippen LogP contribution < -0.4 is 5.43 Å². The number of rotatable bonds is 0. The van der Waals surface area contributed by atoms with Gasteiger partial charge in [-0.1, -0.05) is 0 Å². The van der Waals surface area contributed by atoms with Crippen molar-refractivity contribution in [1.82, 2.24) is 0 Å². The van der Waals surface area contributed by atoms with E-state index in [2.05, 4.69) is 0 Å². The van der Waals surface area contributed by atoms with Crippen LogP contribution in [0.3, 0.4) is 0 Å². The highest BCUT2D eigenvalue weighted by molar-refractivity contribution is 5.41. The molecule has 0 saturated heterocycles. The summed E-state index contributed by atoms with van der Waals surface area (Å²) in [6, 6.07) is 1.52. The maximum Gasteiger partial charge on any atom is 0.188 e. The third-order valence-corrected chi connectivity index (χ3v) is 2.93. The van der Waals surface area contributed by atoms with Crippen molar-refractivity contribution in [2.24, 2.45) is 0 Å². The molecule has 0 bridgehead atoms. The molecule has 56 valence electrons. The Morgan fingerprint density at radius 2 is 2.18 bits per heavy atom. The zero-order valence-electron chi connectivity index (χ0n) is 6.04. The Hall–Kier alpha value is -1.05. The average molecular weight is 148 g/mol. The first-order valence-corrected chi connectivity index (χ1v) is 3.99. The summed E-state index contributed by atoms with van der Waals surface area (Å²) < 4.78 is 5.26. The van der Waals surface area contributed by atoms with E-state index < -0.39 is 0 Å². The molecule has 1 aromatic rings. The number of hydrogen-bond donors (Lipinski definition) is 0. The van der Waals surface area contributed by atoms with Gasteiger partial charge in [0.15, 0.2) is 5.43 Å². The Labute approximate surface area is 63.8 Å². The molecule has 11 heavy (non-hydrogen) atoms. The van der Waals surface area contributed by atoms with Crippen molar-refractivity contribution < 1.29 is 4.42 Å². The van der Waals surface area contributed by atoms with Gasteiger partial charge >= 0.3 is 0 Å². The molecule has 0 aliphatic heterocycles. The van der Waals surface area contributed by atoms with Crippen molar-refractivity contribution in [2.45, 2.75) is 24.7 Å². The standard InChI is InChI=1S/C9H8O2/c10-7-3-4-11-9-6-2-1-5(6)8(7)9/h3-6H,1-2H2. The van der Waals surface area contributed by atoms with Gasteiger partial charge in [0.2, 0.25) is 0 Å². The second-order valence-electron chi connectivity index (χ2n) is 3.35. The Morgan fingerprint density at radius 1 is 1.36 bits per heavy atom. The van der Waals surface area contributed by atoms with Crippen LogP contribution >= 0.6 is 0 Å². The lowest BCUT2D eigenvalue weighted by Gasteiger charge is -2.45. The first-order chi connectivity index (χ1) is 5.38. The van der Waals surface area contributed by atoms with Gasteiger partial charge in [-0.3, -0.25) is 4.79 Å². The van der Waals surface area contributed by atoms with E-state index in [9.17, 15) is 4.79 Å². The Balaban J connectivity index is 2.30. The minimum absolute atomic E-state index is 0.173. The fourth-order valence-corrected chi connectivity index (χ4v) is 2.16. The second kappa shape index (κ2) is 1.58. The first kappa shape index (κ1) is 5.58. The van der Waals surface area contributed by atoms with Crippen LogP contribution in [0, 0.1) is 0 Å². The highest BCUT2D eigenvalue weighted by atomic mass is 16.3. The third-order valence-electron chi connectivity index (χ3n) is 2.93. The maximum atomic E-state index is 11.2. The zero-order valence-corrected chi connectivity index (χ0v) is 6.04. The predicted molar refractivity (Wildman–Crippen MR) is 39.7 cm³/mol. The van der Waals surface area contributed by atoms with E-state index in [-0.39, 0.29) is 5.43 Å². The Bertz CT molecular complexity index is 364. The molecule has 2 aliphatic rings. The van der Waals surface area contributed by atoms with E-state index in [1.165, 1.54) is 25.2 Å². The van der Waals surface area contributed by atoms with Crippen molar-refractivity contribution in [1.29, 1.82) is 0 Å². The molecule has 2 atom stereocenters. The molecule has 3 rings (SSSR count). The van der Waals surface area contributed by atoms with E-state index in [0.29, 0.717) is 11.8 Å². The van der Waals surface area contributed by atoms with Crippen molar-refractivity contribution >= 4 is 0 Å². The summed E-state index contributed by atoms with van der Waals surface area (Å²) in [7, 11) is 0. The van der Waals surface area contributed by atoms with Gasteiger partial charge in [0.1, 0.15) is 5.76 Å². The molecule has 0 amide bonds. The van der Waals surface area contributed by atoms with E-state index >= 15 is 0 Å². The molecule has 1 aromatic heterocycles. The molecule has 1 fully saturated rings. The maximum absolute atomic E-state index is 11.2. The van der Waals surface area contributed by atoms with Gasteiger partial charge in [0.25, 0.3) is 0 Å². The van der Waals surface area contributed by atoms with Crippen LogP contribution in [-0.2, 0) is 0 Å². The molecule has 2 aliphatic carbocycles. The van der Waals surface area contributed by atoms with Crippen molar-refractivity contribution in [3.63, 3.8) is 0 Å².